The Hall–Kier alpha value is -1.06. The Bertz CT molecular complexity index is 409. The molecule has 1 heterocycles. The summed E-state index contributed by atoms with van der Waals surface area (Å²) in [6.07, 6.45) is 2.02. The van der Waals surface area contributed by atoms with Gasteiger partial charge >= 0.3 is 0 Å². The predicted molar refractivity (Wildman–Crippen MR) is 80.6 cm³/mol. The van der Waals surface area contributed by atoms with Crippen LogP contribution < -0.4 is 10.2 Å². The van der Waals surface area contributed by atoms with Gasteiger partial charge < -0.3 is 15.3 Å². The average molecular weight is 262 g/mol. The molecule has 106 valence electrons. The van der Waals surface area contributed by atoms with Gasteiger partial charge in [0.2, 0.25) is 0 Å². The van der Waals surface area contributed by atoms with Crippen LogP contribution in [0.1, 0.15) is 30.9 Å². The highest BCUT2D eigenvalue weighted by molar-refractivity contribution is 5.54. The molecular weight excluding hydrogens is 236 g/mol. The van der Waals surface area contributed by atoms with Crippen LogP contribution in [0.5, 0.6) is 0 Å². The van der Waals surface area contributed by atoms with E-state index in [1.165, 1.54) is 16.8 Å². The van der Waals surface area contributed by atoms with Gasteiger partial charge in [-0.1, -0.05) is 12.1 Å². The molecule has 1 aromatic rings. The highest BCUT2D eigenvalue weighted by atomic mass is 16.3. The molecular formula is C16H26N2O. The Labute approximate surface area is 116 Å². The highest BCUT2D eigenvalue weighted by Crippen LogP contribution is 2.28. The van der Waals surface area contributed by atoms with E-state index in [1.54, 1.807) is 0 Å². The van der Waals surface area contributed by atoms with Crippen molar-refractivity contribution >= 4 is 5.69 Å². The molecule has 2 N–H and O–H groups in total. The number of anilines is 1. The van der Waals surface area contributed by atoms with Crippen molar-refractivity contribution in [3.8, 4) is 0 Å². The Kier molecular flexibility index (Phi) is 4.83. The lowest BCUT2D eigenvalue weighted by atomic mass is 9.91. The van der Waals surface area contributed by atoms with Crippen LogP contribution >= 0.6 is 0 Å². The molecule has 0 spiro atoms. The van der Waals surface area contributed by atoms with Crippen LogP contribution in [0.25, 0.3) is 0 Å². The van der Waals surface area contributed by atoms with Gasteiger partial charge in [0.1, 0.15) is 0 Å². The maximum absolute atomic E-state index is 9.66. The molecule has 1 saturated heterocycles. The van der Waals surface area contributed by atoms with Crippen LogP contribution in [0.3, 0.4) is 0 Å². The minimum Gasteiger partial charge on any atom is -0.393 e. The maximum Gasteiger partial charge on any atom is 0.0541 e. The molecule has 0 saturated carbocycles. The number of nitrogens with zero attached hydrogens (tertiary/aromatic N) is 1. The fourth-order valence-corrected chi connectivity index (χ4v) is 3.01. The van der Waals surface area contributed by atoms with Crippen LogP contribution in [-0.4, -0.2) is 31.3 Å². The first-order valence-corrected chi connectivity index (χ1v) is 7.29. The largest absolute Gasteiger partial charge is 0.393 e. The van der Waals surface area contributed by atoms with E-state index in [9.17, 15) is 5.11 Å². The van der Waals surface area contributed by atoms with E-state index in [1.807, 2.05) is 14.0 Å². The van der Waals surface area contributed by atoms with E-state index in [0.29, 0.717) is 5.92 Å². The average Bonchev–Trinajstić information content (AvgIpc) is 2.39. The minimum absolute atomic E-state index is 0.166. The second-order valence-corrected chi connectivity index (χ2v) is 5.72. The first-order chi connectivity index (χ1) is 9.11. The minimum atomic E-state index is -0.166. The monoisotopic (exact) mass is 262 g/mol. The number of piperidine rings is 1. The topological polar surface area (TPSA) is 35.5 Å². The fraction of sp³-hybridized carbons (Fsp3) is 0.625. The maximum atomic E-state index is 9.66. The fourth-order valence-electron chi connectivity index (χ4n) is 3.01. The summed E-state index contributed by atoms with van der Waals surface area (Å²) in [4.78, 5) is 2.46. The number of nitrogens with one attached hydrogen (secondary N) is 1. The molecule has 0 bridgehead atoms. The van der Waals surface area contributed by atoms with Gasteiger partial charge in [-0.15, -0.1) is 0 Å². The smallest absolute Gasteiger partial charge is 0.0541 e. The summed E-state index contributed by atoms with van der Waals surface area (Å²) in [5.41, 5.74) is 4.04. The van der Waals surface area contributed by atoms with Crippen LogP contribution in [0.2, 0.25) is 0 Å². The van der Waals surface area contributed by atoms with E-state index in [2.05, 4.69) is 35.3 Å². The molecule has 0 aromatic heterocycles. The zero-order valence-corrected chi connectivity index (χ0v) is 12.3. The highest BCUT2D eigenvalue weighted by Gasteiger charge is 2.23. The molecule has 1 fully saturated rings. The Morgan fingerprint density at radius 3 is 2.58 bits per heavy atom. The Morgan fingerprint density at radius 2 is 2.05 bits per heavy atom. The molecule has 0 amide bonds. The molecule has 1 atom stereocenters. The summed E-state index contributed by atoms with van der Waals surface area (Å²) >= 11 is 0. The summed E-state index contributed by atoms with van der Waals surface area (Å²) in [6.45, 7) is 7.14. The first kappa shape index (κ1) is 14.4. The van der Waals surface area contributed by atoms with E-state index in [4.69, 9.17) is 0 Å². The van der Waals surface area contributed by atoms with Crippen LogP contribution in [0.15, 0.2) is 18.2 Å². The Balaban J connectivity index is 2.03. The van der Waals surface area contributed by atoms with E-state index < -0.39 is 0 Å². The molecule has 1 aliphatic heterocycles. The zero-order valence-electron chi connectivity index (χ0n) is 12.3. The zero-order chi connectivity index (χ0) is 13.8. The molecule has 3 nitrogen and oxygen atoms in total. The Morgan fingerprint density at radius 1 is 1.37 bits per heavy atom. The summed E-state index contributed by atoms with van der Waals surface area (Å²) in [6, 6.07) is 6.72. The van der Waals surface area contributed by atoms with Gasteiger partial charge in [-0.2, -0.15) is 0 Å². The van der Waals surface area contributed by atoms with E-state index in [0.717, 1.165) is 32.5 Å². The SMILES string of the molecule is CNCc1ccc(N2CCC(C(C)O)CC2)c(C)c1. The molecule has 0 aliphatic carbocycles. The summed E-state index contributed by atoms with van der Waals surface area (Å²) in [7, 11) is 1.98. The lowest BCUT2D eigenvalue weighted by Gasteiger charge is -2.35. The van der Waals surface area contributed by atoms with Crippen molar-refractivity contribution in [2.45, 2.75) is 39.3 Å². The second-order valence-electron chi connectivity index (χ2n) is 5.72. The van der Waals surface area contributed by atoms with Crippen molar-refractivity contribution in [3.05, 3.63) is 29.3 Å². The number of hydrogen-bond donors (Lipinski definition) is 2. The van der Waals surface area contributed by atoms with Gasteiger partial charge in [0.15, 0.2) is 0 Å². The lowest BCUT2D eigenvalue weighted by Crippen LogP contribution is -2.37. The number of benzene rings is 1. The van der Waals surface area contributed by atoms with Crippen molar-refractivity contribution in [1.82, 2.24) is 5.32 Å². The van der Waals surface area contributed by atoms with Gasteiger partial charge in [-0.25, -0.2) is 0 Å². The van der Waals surface area contributed by atoms with Gasteiger partial charge in [0, 0.05) is 25.3 Å². The molecule has 0 radical (unpaired) electrons. The lowest BCUT2D eigenvalue weighted by molar-refractivity contribution is 0.110. The molecule has 1 aliphatic rings. The number of aliphatic hydroxyl groups excluding tert-OH is 1. The number of aliphatic hydroxyl groups is 1. The third-order valence-corrected chi connectivity index (χ3v) is 4.20. The third-order valence-electron chi connectivity index (χ3n) is 4.20. The molecule has 3 heteroatoms. The van der Waals surface area contributed by atoms with Crippen LogP contribution in [-0.2, 0) is 6.54 Å². The number of rotatable bonds is 4. The first-order valence-electron chi connectivity index (χ1n) is 7.29. The normalized spacial score (nSPS) is 18.6. The van der Waals surface area contributed by atoms with Gasteiger partial charge in [0.25, 0.3) is 0 Å². The van der Waals surface area contributed by atoms with E-state index >= 15 is 0 Å². The number of hydrogen-bond acceptors (Lipinski definition) is 3. The standard InChI is InChI=1S/C16H26N2O/c1-12-10-14(11-17-3)4-5-16(12)18-8-6-15(7-9-18)13(2)19/h4-5,10,13,15,17,19H,6-9,11H2,1-3H3. The summed E-state index contributed by atoms with van der Waals surface area (Å²) in [5, 5.41) is 12.8. The van der Waals surface area contributed by atoms with Gasteiger partial charge in [-0.3, -0.25) is 0 Å². The van der Waals surface area contributed by atoms with Crippen molar-refractivity contribution in [3.63, 3.8) is 0 Å². The third kappa shape index (κ3) is 3.48. The molecule has 1 aromatic carbocycles. The second kappa shape index (κ2) is 6.40. The quantitative estimate of drug-likeness (QED) is 0.874. The van der Waals surface area contributed by atoms with Crippen molar-refractivity contribution in [1.29, 1.82) is 0 Å². The van der Waals surface area contributed by atoms with Crippen molar-refractivity contribution < 1.29 is 5.11 Å². The van der Waals surface area contributed by atoms with Gasteiger partial charge in [0.05, 0.1) is 6.10 Å². The van der Waals surface area contributed by atoms with E-state index in [-0.39, 0.29) is 6.10 Å². The summed E-state index contributed by atoms with van der Waals surface area (Å²) < 4.78 is 0. The summed E-state index contributed by atoms with van der Waals surface area (Å²) in [5.74, 6) is 0.472. The van der Waals surface area contributed by atoms with Crippen molar-refractivity contribution in [2.24, 2.45) is 5.92 Å². The molecule has 19 heavy (non-hydrogen) atoms. The van der Waals surface area contributed by atoms with Crippen molar-refractivity contribution in [2.75, 3.05) is 25.0 Å². The predicted octanol–water partition coefficient (Wildman–Crippen LogP) is 2.31. The molecule has 1 unspecified atom stereocenters. The number of aryl methyl sites for hydroxylation is 1. The van der Waals surface area contributed by atoms with Gasteiger partial charge in [-0.05, 0) is 56.8 Å². The van der Waals surface area contributed by atoms with Crippen LogP contribution in [0.4, 0.5) is 5.69 Å². The molecule has 2 rings (SSSR count). The van der Waals surface area contributed by atoms with Crippen LogP contribution in [0, 0.1) is 12.8 Å².